The average Bonchev–Trinajstić information content (AvgIpc) is 2.42. The molecule has 0 radical (unpaired) electrons. The summed E-state index contributed by atoms with van der Waals surface area (Å²) < 4.78 is 0. The molecule has 2 aromatic heterocycles. The van der Waals surface area contributed by atoms with E-state index < -0.39 is 0 Å². The fourth-order valence-corrected chi connectivity index (χ4v) is 1.99. The molecule has 0 aliphatic heterocycles. The third kappa shape index (κ3) is 4.43. The molecule has 1 N–H and O–H groups in total. The van der Waals surface area contributed by atoms with Crippen molar-refractivity contribution in [1.29, 1.82) is 0 Å². The van der Waals surface area contributed by atoms with Gasteiger partial charge >= 0.3 is 0 Å². The summed E-state index contributed by atoms with van der Waals surface area (Å²) >= 11 is 0. The molecule has 0 saturated heterocycles. The fraction of sp³-hybridized carbons (Fsp3) is 0.333. The van der Waals surface area contributed by atoms with Crippen molar-refractivity contribution >= 4 is 0 Å². The molecule has 19 heavy (non-hydrogen) atoms. The summed E-state index contributed by atoms with van der Waals surface area (Å²) in [7, 11) is 4.04. The molecule has 0 unspecified atom stereocenters. The van der Waals surface area contributed by atoms with Crippen LogP contribution in [0.2, 0.25) is 0 Å². The molecule has 2 heterocycles. The van der Waals surface area contributed by atoms with E-state index in [2.05, 4.69) is 39.4 Å². The first-order valence-corrected chi connectivity index (χ1v) is 6.44. The monoisotopic (exact) mass is 256 g/mol. The van der Waals surface area contributed by atoms with Crippen LogP contribution in [-0.4, -0.2) is 29.0 Å². The molecule has 0 atom stereocenters. The Kier molecular flexibility index (Phi) is 5.01. The van der Waals surface area contributed by atoms with E-state index in [0.29, 0.717) is 0 Å². The van der Waals surface area contributed by atoms with Crippen molar-refractivity contribution in [3.8, 4) is 0 Å². The third-order valence-electron chi connectivity index (χ3n) is 2.90. The van der Waals surface area contributed by atoms with Crippen LogP contribution in [-0.2, 0) is 19.6 Å². The zero-order valence-electron chi connectivity index (χ0n) is 11.5. The lowest BCUT2D eigenvalue weighted by molar-refractivity contribution is 0.315. The van der Waals surface area contributed by atoms with E-state index in [1.165, 1.54) is 11.1 Å². The number of aromatic nitrogens is 2. The van der Waals surface area contributed by atoms with Crippen molar-refractivity contribution in [1.82, 2.24) is 20.2 Å². The van der Waals surface area contributed by atoms with E-state index in [0.717, 1.165) is 25.3 Å². The Balaban J connectivity index is 1.89. The Bertz CT molecular complexity index is 481. The SMILES string of the molecule is CNCc1ccc(CN(C)Cc2ccncc2)nc1. The molecule has 0 amide bonds. The van der Waals surface area contributed by atoms with Gasteiger partial charge in [0.1, 0.15) is 0 Å². The van der Waals surface area contributed by atoms with Crippen LogP contribution in [0, 0.1) is 0 Å². The number of nitrogens with zero attached hydrogens (tertiary/aromatic N) is 3. The molecule has 100 valence electrons. The van der Waals surface area contributed by atoms with E-state index in [4.69, 9.17) is 0 Å². The van der Waals surface area contributed by atoms with Gasteiger partial charge in [0.15, 0.2) is 0 Å². The van der Waals surface area contributed by atoms with Gasteiger partial charge in [0.2, 0.25) is 0 Å². The minimum absolute atomic E-state index is 0.849. The molecule has 0 aromatic carbocycles. The Morgan fingerprint density at radius 2 is 1.84 bits per heavy atom. The fourth-order valence-electron chi connectivity index (χ4n) is 1.99. The second-order valence-electron chi connectivity index (χ2n) is 4.72. The van der Waals surface area contributed by atoms with E-state index in [1.807, 2.05) is 37.8 Å². The van der Waals surface area contributed by atoms with Crippen LogP contribution in [0.15, 0.2) is 42.9 Å². The van der Waals surface area contributed by atoms with Gasteiger partial charge in [0.05, 0.1) is 5.69 Å². The van der Waals surface area contributed by atoms with Crippen molar-refractivity contribution in [2.75, 3.05) is 14.1 Å². The van der Waals surface area contributed by atoms with Crippen molar-refractivity contribution < 1.29 is 0 Å². The van der Waals surface area contributed by atoms with Crippen LogP contribution < -0.4 is 5.32 Å². The van der Waals surface area contributed by atoms with Crippen molar-refractivity contribution in [3.63, 3.8) is 0 Å². The number of hydrogen-bond donors (Lipinski definition) is 1. The maximum atomic E-state index is 4.48. The normalized spacial score (nSPS) is 10.9. The minimum atomic E-state index is 0.849. The van der Waals surface area contributed by atoms with Gasteiger partial charge in [-0.15, -0.1) is 0 Å². The van der Waals surface area contributed by atoms with Gasteiger partial charge in [0.25, 0.3) is 0 Å². The molecule has 2 aromatic rings. The molecule has 4 nitrogen and oxygen atoms in total. The summed E-state index contributed by atoms with van der Waals surface area (Å²) in [4.78, 5) is 10.8. The molecular formula is C15H20N4. The standard InChI is InChI=1S/C15H20N4/c1-16-9-14-3-4-15(18-10-14)12-19(2)11-13-5-7-17-8-6-13/h3-8,10,16H,9,11-12H2,1-2H3. The van der Waals surface area contributed by atoms with E-state index in [-0.39, 0.29) is 0 Å². The Labute approximate surface area is 114 Å². The third-order valence-corrected chi connectivity index (χ3v) is 2.90. The zero-order chi connectivity index (χ0) is 13.5. The zero-order valence-corrected chi connectivity index (χ0v) is 11.5. The van der Waals surface area contributed by atoms with Crippen LogP contribution >= 0.6 is 0 Å². The quantitative estimate of drug-likeness (QED) is 0.856. The van der Waals surface area contributed by atoms with Crippen LogP contribution in [0.4, 0.5) is 0 Å². The van der Waals surface area contributed by atoms with Crippen LogP contribution in [0.5, 0.6) is 0 Å². The highest BCUT2D eigenvalue weighted by Gasteiger charge is 2.03. The Morgan fingerprint density at radius 3 is 2.47 bits per heavy atom. The summed E-state index contributed by atoms with van der Waals surface area (Å²) in [5.41, 5.74) is 3.57. The Morgan fingerprint density at radius 1 is 1.05 bits per heavy atom. The summed E-state index contributed by atoms with van der Waals surface area (Å²) in [5, 5.41) is 3.12. The molecule has 0 aliphatic carbocycles. The highest BCUT2D eigenvalue weighted by atomic mass is 15.1. The molecule has 0 aliphatic rings. The first-order chi connectivity index (χ1) is 9.28. The van der Waals surface area contributed by atoms with E-state index in [9.17, 15) is 0 Å². The van der Waals surface area contributed by atoms with Crippen LogP contribution in [0.1, 0.15) is 16.8 Å². The van der Waals surface area contributed by atoms with Gasteiger partial charge in [-0.05, 0) is 43.4 Å². The van der Waals surface area contributed by atoms with Crippen LogP contribution in [0.25, 0.3) is 0 Å². The largest absolute Gasteiger partial charge is 0.316 e. The highest BCUT2D eigenvalue weighted by Crippen LogP contribution is 2.06. The van der Waals surface area contributed by atoms with Crippen LogP contribution in [0.3, 0.4) is 0 Å². The molecule has 2 rings (SSSR count). The smallest absolute Gasteiger partial charge is 0.0544 e. The maximum absolute atomic E-state index is 4.48. The molecule has 4 heteroatoms. The number of rotatable bonds is 6. The molecule has 0 spiro atoms. The first-order valence-electron chi connectivity index (χ1n) is 6.44. The van der Waals surface area contributed by atoms with Gasteiger partial charge in [-0.3, -0.25) is 14.9 Å². The first kappa shape index (κ1) is 13.6. The maximum Gasteiger partial charge on any atom is 0.0544 e. The number of nitrogens with one attached hydrogen (secondary N) is 1. The van der Waals surface area contributed by atoms with Gasteiger partial charge in [0, 0.05) is 38.2 Å². The highest BCUT2D eigenvalue weighted by molar-refractivity contribution is 5.14. The topological polar surface area (TPSA) is 41.0 Å². The lowest BCUT2D eigenvalue weighted by Crippen LogP contribution is -2.18. The van der Waals surface area contributed by atoms with Gasteiger partial charge in [-0.1, -0.05) is 6.07 Å². The summed E-state index contributed by atoms with van der Waals surface area (Å²) in [5.74, 6) is 0. The van der Waals surface area contributed by atoms with E-state index in [1.54, 1.807) is 0 Å². The van der Waals surface area contributed by atoms with Crippen molar-refractivity contribution in [3.05, 3.63) is 59.7 Å². The summed E-state index contributed by atoms with van der Waals surface area (Å²) in [6.45, 7) is 2.62. The second kappa shape index (κ2) is 6.97. The average molecular weight is 256 g/mol. The Hall–Kier alpha value is -1.78. The second-order valence-corrected chi connectivity index (χ2v) is 4.72. The van der Waals surface area contributed by atoms with Gasteiger partial charge in [-0.2, -0.15) is 0 Å². The number of pyridine rings is 2. The van der Waals surface area contributed by atoms with Gasteiger partial charge < -0.3 is 5.32 Å². The predicted octanol–water partition coefficient (Wildman–Crippen LogP) is 1.83. The van der Waals surface area contributed by atoms with E-state index >= 15 is 0 Å². The lowest BCUT2D eigenvalue weighted by atomic mass is 10.2. The minimum Gasteiger partial charge on any atom is -0.316 e. The molecule has 0 fully saturated rings. The van der Waals surface area contributed by atoms with Crippen molar-refractivity contribution in [2.45, 2.75) is 19.6 Å². The summed E-state index contributed by atoms with van der Waals surface area (Å²) in [6, 6.07) is 8.30. The lowest BCUT2D eigenvalue weighted by Gasteiger charge is -2.16. The van der Waals surface area contributed by atoms with Crippen molar-refractivity contribution in [2.24, 2.45) is 0 Å². The molecule has 0 bridgehead atoms. The predicted molar refractivity (Wildman–Crippen MR) is 76.4 cm³/mol. The summed E-state index contributed by atoms with van der Waals surface area (Å²) in [6.07, 6.45) is 5.59. The number of hydrogen-bond acceptors (Lipinski definition) is 4. The molecular weight excluding hydrogens is 236 g/mol. The molecule has 0 saturated carbocycles. The van der Waals surface area contributed by atoms with Gasteiger partial charge in [-0.25, -0.2) is 0 Å².